The van der Waals surface area contributed by atoms with Crippen LogP contribution < -0.4 is 5.73 Å². The molecule has 3 aromatic rings. The Morgan fingerprint density at radius 2 is 1.16 bits per heavy atom. The summed E-state index contributed by atoms with van der Waals surface area (Å²) in [5.74, 6) is 0. The van der Waals surface area contributed by atoms with E-state index in [2.05, 4.69) is 80.6 Å². The highest BCUT2D eigenvalue weighted by Gasteiger charge is 2.04. The third-order valence-corrected chi connectivity index (χ3v) is 4.21. The van der Waals surface area contributed by atoms with Crippen molar-refractivity contribution in [3.05, 3.63) is 113 Å². The van der Waals surface area contributed by atoms with Crippen LogP contribution in [0.2, 0.25) is 0 Å². The summed E-state index contributed by atoms with van der Waals surface area (Å²) in [4.78, 5) is 0. The van der Waals surface area contributed by atoms with Crippen molar-refractivity contribution in [2.45, 2.75) is 13.8 Å². The maximum absolute atomic E-state index is 5.74. The van der Waals surface area contributed by atoms with Crippen molar-refractivity contribution >= 4 is 17.3 Å². The van der Waals surface area contributed by atoms with Crippen LogP contribution in [0, 0.1) is 13.8 Å². The molecule has 0 saturated heterocycles. The molecule has 0 aliphatic rings. The molecule has 124 valence electrons. The molecule has 0 unspecified atom stereocenters. The van der Waals surface area contributed by atoms with E-state index in [-0.39, 0.29) is 0 Å². The predicted molar refractivity (Wildman–Crippen MR) is 109 cm³/mol. The molecule has 0 amide bonds. The molecule has 0 radical (unpaired) electrons. The van der Waals surface area contributed by atoms with Gasteiger partial charge in [0.2, 0.25) is 0 Å². The summed E-state index contributed by atoms with van der Waals surface area (Å²) in [5, 5.41) is 0. The van der Waals surface area contributed by atoms with Gasteiger partial charge in [0.25, 0.3) is 0 Å². The molecule has 0 heterocycles. The van der Waals surface area contributed by atoms with Crippen LogP contribution in [-0.2, 0) is 0 Å². The van der Waals surface area contributed by atoms with E-state index in [4.69, 9.17) is 5.73 Å². The molecule has 25 heavy (non-hydrogen) atoms. The number of nitrogens with two attached hydrogens (primary N) is 1. The number of rotatable bonds is 4. The summed E-state index contributed by atoms with van der Waals surface area (Å²) in [6, 6.07) is 25.2. The molecule has 1 heteroatoms. The number of anilines is 1. The molecule has 0 aliphatic heterocycles. The Labute approximate surface area is 150 Å². The van der Waals surface area contributed by atoms with Crippen molar-refractivity contribution in [3.63, 3.8) is 0 Å². The van der Waals surface area contributed by atoms with Crippen LogP contribution in [-0.4, -0.2) is 0 Å². The van der Waals surface area contributed by atoms with Gasteiger partial charge in [-0.1, -0.05) is 90.0 Å². The van der Waals surface area contributed by atoms with Gasteiger partial charge in [-0.25, -0.2) is 0 Å². The summed E-state index contributed by atoms with van der Waals surface area (Å²) < 4.78 is 0. The largest absolute Gasteiger partial charge is 0.399 e. The Kier molecular flexibility index (Phi) is 5.15. The molecule has 0 fully saturated rings. The third kappa shape index (κ3) is 4.48. The first-order chi connectivity index (χ1) is 12.1. The van der Waals surface area contributed by atoms with Crippen molar-refractivity contribution in [2.24, 2.45) is 0 Å². The number of benzene rings is 3. The highest BCUT2D eigenvalue weighted by Crippen LogP contribution is 2.24. The molecule has 0 spiro atoms. The number of aryl methyl sites for hydroxylation is 2. The summed E-state index contributed by atoms with van der Waals surface area (Å²) in [6.07, 6.45) is 6.37. The predicted octanol–water partition coefficient (Wildman–Crippen LogP) is 6.03. The monoisotopic (exact) mass is 325 g/mol. The number of allylic oxidation sites excluding steroid dienone is 2. The maximum atomic E-state index is 5.74. The quantitative estimate of drug-likeness (QED) is 0.460. The van der Waals surface area contributed by atoms with Crippen molar-refractivity contribution in [2.75, 3.05) is 5.73 Å². The van der Waals surface area contributed by atoms with E-state index in [0.29, 0.717) is 0 Å². The van der Waals surface area contributed by atoms with E-state index in [0.717, 1.165) is 11.3 Å². The lowest BCUT2D eigenvalue weighted by molar-refractivity contribution is 1.43. The molecular weight excluding hydrogens is 302 g/mol. The van der Waals surface area contributed by atoms with E-state index < -0.39 is 0 Å². The fraction of sp³-hybridized carbons (Fsp3) is 0.0833. The zero-order chi connectivity index (χ0) is 17.6. The van der Waals surface area contributed by atoms with E-state index in [1.165, 1.54) is 27.8 Å². The number of hydrogen-bond donors (Lipinski definition) is 1. The van der Waals surface area contributed by atoms with Gasteiger partial charge < -0.3 is 5.73 Å². The SMILES string of the molecule is Cc1ccc(C(=C/C=C/c2ccc(N)cc2)c2ccc(C)cc2)cc1. The Hall–Kier alpha value is -3.06. The minimum atomic E-state index is 0.785. The molecule has 1 nitrogen and oxygen atoms in total. The Balaban J connectivity index is 1.96. The second-order valence-electron chi connectivity index (χ2n) is 6.34. The second-order valence-corrected chi connectivity index (χ2v) is 6.34. The summed E-state index contributed by atoms with van der Waals surface area (Å²) >= 11 is 0. The van der Waals surface area contributed by atoms with E-state index in [1.807, 2.05) is 24.3 Å². The van der Waals surface area contributed by atoms with Gasteiger partial charge in [0.05, 0.1) is 0 Å². The first-order valence-corrected chi connectivity index (χ1v) is 8.50. The van der Waals surface area contributed by atoms with Gasteiger partial charge in [-0.15, -0.1) is 0 Å². The minimum Gasteiger partial charge on any atom is -0.399 e. The van der Waals surface area contributed by atoms with Crippen LogP contribution in [0.3, 0.4) is 0 Å². The van der Waals surface area contributed by atoms with Crippen LogP contribution >= 0.6 is 0 Å². The van der Waals surface area contributed by atoms with Crippen molar-refractivity contribution in [1.82, 2.24) is 0 Å². The van der Waals surface area contributed by atoms with Gasteiger partial charge in [0, 0.05) is 5.69 Å². The lowest BCUT2D eigenvalue weighted by Crippen LogP contribution is -1.88. The van der Waals surface area contributed by atoms with Crippen LogP contribution in [0.1, 0.15) is 27.8 Å². The van der Waals surface area contributed by atoms with Crippen LogP contribution in [0.25, 0.3) is 11.6 Å². The normalized spacial score (nSPS) is 10.8. The summed E-state index contributed by atoms with van der Waals surface area (Å²) in [5.41, 5.74) is 13.9. The van der Waals surface area contributed by atoms with Gasteiger partial charge in [-0.3, -0.25) is 0 Å². The molecular formula is C24H23N. The number of hydrogen-bond acceptors (Lipinski definition) is 1. The van der Waals surface area contributed by atoms with Crippen LogP contribution in [0.4, 0.5) is 5.69 Å². The molecule has 2 N–H and O–H groups in total. The van der Waals surface area contributed by atoms with Gasteiger partial charge in [0.15, 0.2) is 0 Å². The smallest absolute Gasteiger partial charge is 0.0314 e. The average Bonchev–Trinajstić information content (AvgIpc) is 2.62. The van der Waals surface area contributed by atoms with Crippen LogP contribution in [0.5, 0.6) is 0 Å². The maximum Gasteiger partial charge on any atom is 0.0314 e. The highest BCUT2D eigenvalue weighted by molar-refractivity contribution is 5.81. The first kappa shape index (κ1) is 16.8. The van der Waals surface area contributed by atoms with E-state index in [1.54, 1.807) is 0 Å². The van der Waals surface area contributed by atoms with E-state index >= 15 is 0 Å². The topological polar surface area (TPSA) is 26.0 Å². The lowest BCUT2D eigenvalue weighted by Gasteiger charge is -2.09. The number of nitrogen functional groups attached to an aromatic ring is 1. The summed E-state index contributed by atoms with van der Waals surface area (Å²) in [7, 11) is 0. The highest BCUT2D eigenvalue weighted by atomic mass is 14.5. The molecule has 3 rings (SSSR count). The van der Waals surface area contributed by atoms with Gasteiger partial charge in [0.1, 0.15) is 0 Å². The molecule has 3 aromatic carbocycles. The van der Waals surface area contributed by atoms with Crippen molar-refractivity contribution < 1.29 is 0 Å². The Morgan fingerprint density at radius 1 is 0.680 bits per heavy atom. The molecule has 0 bridgehead atoms. The van der Waals surface area contributed by atoms with Gasteiger partial charge in [-0.05, 0) is 48.2 Å². The Bertz CT molecular complexity index is 833. The second kappa shape index (κ2) is 7.67. The molecule has 0 saturated carbocycles. The molecule has 0 aliphatic carbocycles. The standard InChI is InChI=1S/C24H23N/c1-18-6-12-21(13-7-18)24(22-14-8-19(2)9-15-22)5-3-4-20-10-16-23(25)17-11-20/h3-17H,25H2,1-2H3/b4-3+. The Morgan fingerprint density at radius 3 is 1.64 bits per heavy atom. The fourth-order valence-corrected chi connectivity index (χ4v) is 2.69. The zero-order valence-corrected chi connectivity index (χ0v) is 14.7. The van der Waals surface area contributed by atoms with Crippen molar-refractivity contribution in [1.29, 1.82) is 0 Å². The summed E-state index contributed by atoms with van der Waals surface area (Å²) in [6.45, 7) is 4.22. The van der Waals surface area contributed by atoms with Gasteiger partial charge >= 0.3 is 0 Å². The third-order valence-electron chi connectivity index (χ3n) is 4.21. The van der Waals surface area contributed by atoms with Crippen LogP contribution in [0.15, 0.2) is 84.9 Å². The molecule has 0 aromatic heterocycles. The van der Waals surface area contributed by atoms with E-state index in [9.17, 15) is 0 Å². The average molecular weight is 325 g/mol. The fourth-order valence-electron chi connectivity index (χ4n) is 2.69. The van der Waals surface area contributed by atoms with Gasteiger partial charge in [-0.2, -0.15) is 0 Å². The van der Waals surface area contributed by atoms with Crippen molar-refractivity contribution in [3.8, 4) is 0 Å². The zero-order valence-electron chi connectivity index (χ0n) is 14.7. The minimum absolute atomic E-state index is 0.785. The first-order valence-electron chi connectivity index (χ1n) is 8.50. The molecule has 0 atom stereocenters. The lowest BCUT2D eigenvalue weighted by atomic mass is 9.96.